The Bertz CT molecular complexity index is 491. The Morgan fingerprint density at radius 3 is 2.81 bits per heavy atom. The fourth-order valence-electron chi connectivity index (χ4n) is 1.11. The van der Waals surface area contributed by atoms with Gasteiger partial charge < -0.3 is 0 Å². The molecule has 0 aromatic heterocycles. The highest BCUT2D eigenvalue weighted by molar-refractivity contribution is 9.10. The topological polar surface area (TPSA) is 46.2 Å². The van der Waals surface area contributed by atoms with Gasteiger partial charge in [0.05, 0.1) is 4.90 Å². The number of benzene rings is 1. The molecule has 0 saturated carbocycles. The third kappa shape index (κ3) is 3.97. The van der Waals surface area contributed by atoms with Crippen molar-refractivity contribution < 1.29 is 8.42 Å². The standard InChI is InChI=1S/C11H12BrNO2S/c1-2-3-4-8-13-16(14,15)11-7-5-6-10(12)9-11/h1,5-7,9,13H,3-4,8H2. The Kier molecular flexibility index (Phi) is 5.00. The molecule has 0 saturated heterocycles. The van der Waals surface area contributed by atoms with Gasteiger partial charge in [0.1, 0.15) is 0 Å². The van der Waals surface area contributed by atoms with Crippen LogP contribution in [0, 0.1) is 12.3 Å². The zero-order valence-corrected chi connectivity index (χ0v) is 11.0. The lowest BCUT2D eigenvalue weighted by atomic mass is 10.3. The number of unbranched alkanes of at least 4 members (excludes halogenated alkanes) is 1. The van der Waals surface area contributed by atoms with Crippen molar-refractivity contribution in [2.24, 2.45) is 0 Å². The average Bonchev–Trinajstić information content (AvgIpc) is 2.24. The lowest BCUT2D eigenvalue weighted by Crippen LogP contribution is -2.24. The zero-order valence-electron chi connectivity index (χ0n) is 8.61. The second-order valence-corrected chi connectivity index (χ2v) is 5.85. The molecule has 5 heteroatoms. The SMILES string of the molecule is C#CCCCNS(=O)(=O)c1cccc(Br)c1. The van der Waals surface area contributed by atoms with Gasteiger partial charge in [-0.1, -0.05) is 22.0 Å². The van der Waals surface area contributed by atoms with Gasteiger partial charge in [-0.3, -0.25) is 0 Å². The molecule has 0 aliphatic carbocycles. The van der Waals surface area contributed by atoms with E-state index in [0.717, 1.165) is 4.47 Å². The van der Waals surface area contributed by atoms with E-state index in [-0.39, 0.29) is 4.90 Å². The summed E-state index contributed by atoms with van der Waals surface area (Å²) in [5, 5.41) is 0. The number of hydrogen-bond donors (Lipinski definition) is 1. The van der Waals surface area contributed by atoms with Crippen molar-refractivity contribution in [3.63, 3.8) is 0 Å². The fraction of sp³-hybridized carbons (Fsp3) is 0.273. The number of rotatable bonds is 5. The van der Waals surface area contributed by atoms with E-state index in [2.05, 4.69) is 26.6 Å². The van der Waals surface area contributed by atoms with Crippen LogP contribution in [-0.2, 0) is 10.0 Å². The van der Waals surface area contributed by atoms with Crippen molar-refractivity contribution in [1.29, 1.82) is 0 Å². The molecule has 16 heavy (non-hydrogen) atoms. The van der Waals surface area contributed by atoms with Crippen LogP contribution in [0.5, 0.6) is 0 Å². The number of sulfonamides is 1. The molecule has 3 nitrogen and oxygen atoms in total. The van der Waals surface area contributed by atoms with E-state index >= 15 is 0 Å². The van der Waals surface area contributed by atoms with Crippen molar-refractivity contribution in [2.45, 2.75) is 17.7 Å². The summed E-state index contributed by atoms with van der Waals surface area (Å²) in [4.78, 5) is 0.252. The molecule has 1 aromatic rings. The van der Waals surface area contributed by atoms with E-state index < -0.39 is 10.0 Å². The first-order chi connectivity index (χ1) is 7.56. The fourth-order valence-corrected chi connectivity index (χ4v) is 2.78. The lowest BCUT2D eigenvalue weighted by Gasteiger charge is -2.05. The van der Waals surface area contributed by atoms with Crippen LogP contribution < -0.4 is 4.72 Å². The summed E-state index contributed by atoms with van der Waals surface area (Å²) < 4.78 is 26.8. The summed E-state index contributed by atoms with van der Waals surface area (Å²) in [6.45, 7) is 0.360. The molecule has 0 unspecified atom stereocenters. The van der Waals surface area contributed by atoms with E-state index in [0.29, 0.717) is 19.4 Å². The first-order valence-corrected chi connectivity index (χ1v) is 7.02. The lowest BCUT2D eigenvalue weighted by molar-refractivity contribution is 0.579. The number of halogens is 1. The largest absolute Gasteiger partial charge is 0.240 e. The Hall–Kier alpha value is -0.830. The summed E-state index contributed by atoms with van der Waals surface area (Å²) in [5.74, 6) is 2.46. The molecular formula is C11H12BrNO2S. The Morgan fingerprint density at radius 1 is 1.44 bits per heavy atom. The van der Waals surface area contributed by atoms with Crippen molar-refractivity contribution >= 4 is 26.0 Å². The molecule has 1 aromatic carbocycles. The molecule has 1 rings (SSSR count). The van der Waals surface area contributed by atoms with Gasteiger partial charge in [-0.25, -0.2) is 13.1 Å². The van der Waals surface area contributed by atoms with E-state index in [1.807, 2.05) is 0 Å². The van der Waals surface area contributed by atoms with Crippen molar-refractivity contribution in [3.05, 3.63) is 28.7 Å². The predicted octanol–water partition coefficient (Wildman–Crippen LogP) is 2.14. The molecule has 0 amide bonds. The first kappa shape index (κ1) is 13.2. The molecule has 0 heterocycles. The third-order valence-corrected chi connectivity index (χ3v) is 3.85. The Labute approximate surface area is 104 Å². The minimum atomic E-state index is -3.41. The quantitative estimate of drug-likeness (QED) is 0.669. The third-order valence-electron chi connectivity index (χ3n) is 1.90. The highest BCUT2D eigenvalue weighted by atomic mass is 79.9. The van der Waals surface area contributed by atoms with Gasteiger partial charge in [-0.2, -0.15) is 0 Å². The first-order valence-electron chi connectivity index (χ1n) is 4.75. The molecule has 0 spiro atoms. The average molecular weight is 302 g/mol. The molecule has 0 aliphatic rings. The van der Waals surface area contributed by atoms with Gasteiger partial charge in [0.15, 0.2) is 0 Å². The molecule has 0 radical (unpaired) electrons. The minimum Gasteiger partial charge on any atom is -0.211 e. The normalized spacial score (nSPS) is 11.0. The second-order valence-electron chi connectivity index (χ2n) is 3.16. The van der Waals surface area contributed by atoms with Crippen LogP contribution in [0.4, 0.5) is 0 Å². The zero-order chi connectivity index (χ0) is 12.0. The molecule has 0 atom stereocenters. The summed E-state index contributed by atoms with van der Waals surface area (Å²) in [5.41, 5.74) is 0. The molecular weight excluding hydrogens is 290 g/mol. The maximum Gasteiger partial charge on any atom is 0.240 e. The molecule has 0 bridgehead atoms. The summed E-state index contributed by atoms with van der Waals surface area (Å²) in [7, 11) is -3.41. The van der Waals surface area contributed by atoms with E-state index in [4.69, 9.17) is 6.42 Å². The van der Waals surface area contributed by atoms with E-state index in [1.54, 1.807) is 24.3 Å². The number of terminal acetylenes is 1. The smallest absolute Gasteiger partial charge is 0.211 e. The van der Waals surface area contributed by atoms with Crippen LogP contribution >= 0.6 is 15.9 Å². The Balaban J connectivity index is 2.68. The molecule has 0 fully saturated rings. The highest BCUT2D eigenvalue weighted by Crippen LogP contribution is 2.15. The van der Waals surface area contributed by atoms with Crippen LogP contribution in [-0.4, -0.2) is 15.0 Å². The summed E-state index contributed by atoms with van der Waals surface area (Å²) in [6, 6.07) is 6.56. The molecule has 0 aliphatic heterocycles. The van der Waals surface area contributed by atoms with Crippen molar-refractivity contribution in [1.82, 2.24) is 4.72 Å². The monoisotopic (exact) mass is 301 g/mol. The van der Waals surface area contributed by atoms with Crippen LogP contribution in [0.25, 0.3) is 0 Å². The van der Waals surface area contributed by atoms with Crippen LogP contribution in [0.1, 0.15) is 12.8 Å². The van der Waals surface area contributed by atoms with Gasteiger partial charge in [0.2, 0.25) is 10.0 Å². The minimum absolute atomic E-state index is 0.252. The number of nitrogens with one attached hydrogen (secondary N) is 1. The van der Waals surface area contributed by atoms with Gasteiger partial charge in [-0.05, 0) is 24.6 Å². The van der Waals surface area contributed by atoms with E-state index in [1.165, 1.54) is 0 Å². The van der Waals surface area contributed by atoms with Crippen molar-refractivity contribution in [3.8, 4) is 12.3 Å². The van der Waals surface area contributed by atoms with Crippen LogP contribution in [0.2, 0.25) is 0 Å². The maximum atomic E-state index is 11.8. The Morgan fingerprint density at radius 2 is 2.19 bits per heavy atom. The van der Waals surface area contributed by atoms with Crippen LogP contribution in [0.3, 0.4) is 0 Å². The van der Waals surface area contributed by atoms with Gasteiger partial charge in [0.25, 0.3) is 0 Å². The van der Waals surface area contributed by atoms with Gasteiger partial charge in [-0.15, -0.1) is 12.3 Å². The van der Waals surface area contributed by atoms with Crippen LogP contribution in [0.15, 0.2) is 33.6 Å². The second kappa shape index (κ2) is 6.04. The van der Waals surface area contributed by atoms with Gasteiger partial charge in [0, 0.05) is 17.4 Å². The molecule has 86 valence electrons. The number of hydrogen-bond acceptors (Lipinski definition) is 2. The van der Waals surface area contributed by atoms with E-state index in [9.17, 15) is 8.42 Å². The maximum absolute atomic E-state index is 11.8. The predicted molar refractivity (Wildman–Crippen MR) is 67.4 cm³/mol. The van der Waals surface area contributed by atoms with Gasteiger partial charge >= 0.3 is 0 Å². The van der Waals surface area contributed by atoms with Crippen molar-refractivity contribution in [2.75, 3.05) is 6.54 Å². The highest BCUT2D eigenvalue weighted by Gasteiger charge is 2.12. The molecule has 1 N–H and O–H groups in total. The summed E-state index contributed by atoms with van der Waals surface area (Å²) in [6.07, 6.45) is 6.29. The summed E-state index contributed by atoms with van der Waals surface area (Å²) >= 11 is 3.23.